The molecule has 1 aromatic rings. The highest BCUT2D eigenvalue weighted by Crippen LogP contribution is 2.35. The molecule has 1 N–H and O–H groups in total. The highest BCUT2D eigenvalue weighted by atomic mass is 19.2. The van der Waals surface area contributed by atoms with E-state index in [0.717, 1.165) is 12.7 Å². The number of aliphatic hydroxyl groups is 1. The van der Waals surface area contributed by atoms with Gasteiger partial charge in [0.15, 0.2) is 11.6 Å². The number of benzene rings is 1. The van der Waals surface area contributed by atoms with Crippen molar-refractivity contribution in [1.29, 1.82) is 0 Å². The number of carbonyl (C=O) groups excluding carboxylic acids is 1. The summed E-state index contributed by atoms with van der Waals surface area (Å²) in [7, 11) is 0. The highest BCUT2D eigenvalue weighted by Gasteiger charge is 2.32. The van der Waals surface area contributed by atoms with E-state index in [4.69, 9.17) is 5.11 Å². The van der Waals surface area contributed by atoms with Gasteiger partial charge in [0.1, 0.15) is 6.29 Å². The number of hydrogen-bond acceptors (Lipinski definition) is 3. The van der Waals surface area contributed by atoms with Gasteiger partial charge in [-0.25, -0.2) is 8.78 Å². The van der Waals surface area contributed by atoms with Gasteiger partial charge in [0, 0.05) is 17.2 Å². The van der Waals surface area contributed by atoms with E-state index >= 15 is 0 Å². The molecule has 1 fully saturated rings. The van der Waals surface area contributed by atoms with Gasteiger partial charge in [-0.2, -0.15) is 0 Å². The quantitative estimate of drug-likeness (QED) is 0.852. The van der Waals surface area contributed by atoms with E-state index in [2.05, 4.69) is 0 Å². The standard InChI is InChI=1S/C14H17F2NO2/c1-9(7-18)17-6-2-3-12(17)11-5-4-10(8-19)13(15)14(11)16/h4-5,7,9,12,19H,2-3,6,8H2,1H3. The maximum Gasteiger partial charge on any atom is 0.164 e. The fourth-order valence-corrected chi connectivity index (χ4v) is 2.67. The summed E-state index contributed by atoms with van der Waals surface area (Å²) < 4.78 is 27.7. The Bertz CT molecular complexity index is 479. The van der Waals surface area contributed by atoms with Crippen molar-refractivity contribution in [3.05, 3.63) is 34.9 Å². The number of aliphatic hydroxyl groups excluding tert-OH is 1. The molecule has 104 valence electrons. The van der Waals surface area contributed by atoms with Crippen molar-refractivity contribution in [3.63, 3.8) is 0 Å². The highest BCUT2D eigenvalue weighted by molar-refractivity contribution is 5.57. The second-order valence-corrected chi connectivity index (χ2v) is 4.87. The first-order chi connectivity index (χ1) is 9.10. The molecule has 19 heavy (non-hydrogen) atoms. The van der Waals surface area contributed by atoms with Gasteiger partial charge >= 0.3 is 0 Å². The predicted molar refractivity (Wildman–Crippen MR) is 66.5 cm³/mol. The zero-order chi connectivity index (χ0) is 14.0. The van der Waals surface area contributed by atoms with Crippen LogP contribution in [0.4, 0.5) is 8.78 Å². The summed E-state index contributed by atoms with van der Waals surface area (Å²) in [5.41, 5.74) is 0.218. The summed E-state index contributed by atoms with van der Waals surface area (Å²) in [6.07, 6.45) is 2.37. The third-order valence-corrected chi connectivity index (χ3v) is 3.74. The van der Waals surface area contributed by atoms with E-state index in [1.165, 1.54) is 12.1 Å². The van der Waals surface area contributed by atoms with Crippen LogP contribution < -0.4 is 0 Å². The number of halogens is 2. The van der Waals surface area contributed by atoms with Gasteiger partial charge in [0.2, 0.25) is 0 Å². The number of likely N-dealkylation sites (tertiary alicyclic amines) is 1. The SMILES string of the molecule is CC(C=O)N1CCCC1c1ccc(CO)c(F)c1F. The third kappa shape index (κ3) is 2.53. The number of hydrogen-bond donors (Lipinski definition) is 1. The molecule has 0 saturated carbocycles. The topological polar surface area (TPSA) is 40.5 Å². The zero-order valence-corrected chi connectivity index (χ0v) is 10.8. The summed E-state index contributed by atoms with van der Waals surface area (Å²) in [5.74, 6) is -1.91. The van der Waals surface area contributed by atoms with Crippen molar-refractivity contribution in [1.82, 2.24) is 4.90 Å². The molecule has 2 atom stereocenters. The Labute approximate surface area is 110 Å². The average molecular weight is 269 g/mol. The van der Waals surface area contributed by atoms with Gasteiger partial charge in [-0.3, -0.25) is 4.90 Å². The number of aldehydes is 1. The Morgan fingerprint density at radius 2 is 2.21 bits per heavy atom. The van der Waals surface area contributed by atoms with Crippen molar-refractivity contribution in [3.8, 4) is 0 Å². The molecule has 0 aromatic heterocycles. The van der Waals surface area contributed by atoms with Crippen molar-refractivity contribution in [2.45, 2.75) is 38.5 Å². The Morgan fingerprint density at radius 1 is 1.47 bits per heavy atom. The molecule has 0 radical (unpaired) electrons. The monoisotopic (exact) mass is 269 g/mol. The summed E-state index contributed by atoms with van der Waals surface area (Å²) >= 11 is 0. The number of carbonyl (C=O) groups is 1. The molecule has 0 aliphatic carbocycles. The summed E-state index contributed by atoms with van der Waals surface area (Å²) in [5, 5.41) is 8.91. The Balaban J connectivity index is 2.36. The van der Waals surface area contributed by atoms with Gasteiger partial charge in [0.05, 0.1) is 12.6 Å². The molecule has 2 unspecified atom stereocenters. The fourth-order valence-electron chi connectivity index (χ4n) is 2.67. The van der Waals surface area contributed by atoms with Crippen LogP contribution in [0, 0.1) is 11.6 Å². The summed E-state index contributed by atoms with van der Waals surface area (Å²) in [6, 6.07) is 2.32. The van der Waals surface area contributed by atoms with E-state index in [-0.39, 0.29) is 23.2 Å². The van der Waals surface area contributed by atoms with Gasteiger partial charge in [-0.05, 0) is 26.3 Å². The largest absolute Gasteiger partial charge is 0.392 e. The van der Waals surface area contributed by atoms with Crippen molar-refractivity contribution < 1.29 is 18.7 Å². The average Bonchev–Trinajstić information content (AvgIpc) is 2.90. The van der Waals surface area contributed by atoms with Crippen LogP contribution in [0.1, 0.15) is 36.9 Å². The third-order valence-electron chi connectivity index (χ3n) is 3.74. The molecular weight excluding hydrogens is 252 g/mol. The summed E-state index contributed by atoms with van der Waals surface area (Å²) in [6.45, 7) is 1.93. The minimum Gasteiger partial charge on any atom is -0.392 e. The van der Waals surface area contributed by atoms with Gasteiger partial charge in [-0.1, -0.05) is 12.1 Å². The smallest absolute Gasteiger partial charge is 0.164 e. The van der Waals surface area contributed by atoms with Crippen molar-refractivity contribution in [2.24, 2.45) is 0 Å². The first-order valence-corrected chi connectivity index (χ1v) is 6.38. The lowest BCUT2D eigenvalue weighted by Gasteiger charge is -2.28. The van der Waals surface area contributed by atoms with Crippen LogP contribution >= 0.6 is 0 Å². The van der Waals surface area contributed by atoms with E-state index < -0.39 is 18.2 Å². The maximum absolute atomic E-state index is 14.0. The van der Waals surface area contributed by atoms with Crippen LogP contribution in [-0.2, 0) is 11.4 Å². The minimum absolute atomic E-state index is 0.0470. The van der Waals surface area contributed by atoms with Crippen LogP contribution in [-0.4, -0.2) is 28.9 Å². The molecule has 1 heterocycles. The second kappa shape index (κ2) is 5.75. The molecule has 2 rings (SSSR count). The van der Waals surface area contributed by atoms with E-state index in [0.29, 0.717) is 13.0 Å². The molecule has 0 amide bonds. The zero-order valence-electron chi connectivity index (χ0n) is 10.8. The Kier molecular flexibility index (Phi) is 4.27. The van der Waals surface area contributed by atoms with Crippen LogP contribution in [0.15, 0.2) is 12.1 Å². The number of nitrogens with zero attached hydrogens (tertiary/aromatic N) is 1. The Hall–Kier alpha value is -1.33. The molecule has 1 saturated heterocycles. The van der Waals surface area contributed by atoms with Crippen LogP contribution in [0.25, 0.3) is 0 Å². The molecule has 3 nitrogen and oxygen atoms in total. The van der Waals surface area contributed by atoms with E-state index in [1.807, 2.05) is 4.90 Å². The van der Waals surface area contributed by atoms with E-state index in [9.17, 15) is 13.6 Å². The molecule has 1 aliphatic rings. The molecule has 5 heteroatoms. The van der Waals surface area contributed by atoms with Gasteiger partial charge in [-0.15, -0.1) is 0 Å². The van der Waals surface area contributed by atoms with Crippen molar-refractivity contribution in [2.75, 3.05) is 6.54 Å². The Morgan fingerprint density at radius 3 is 2.84 bits per heavy atom. The second-order valence-electron chi connectivity index (χ2n) is 4.87. The number of rotatable bonds is 4. The maximum atomic E-state index is 14.0. The lowest BCUT2D eigenvalue weighted by Crippen LogP contribution is -2.34. The molecule has 0 bridgehead atoms. The van der Waals surface area contributed by atoms with Gasteiger partial charge in [0.25, 0.3) is 0 Å². The fraction of sp³-hybridized carbons (Fsp3) is 0.500. The minimum atomic E-state index is -0.995. The molecule has 0 spiro atoms. The lowest BCUT2D eigenvalue weighted by molar-refractivity contribution is -0.112. The van der Waals surface area contributed by atoms with Crippen LogP contribution in [0.5, 0.6) is 0 Å². The van der Waals surface area contributed by atoms with Crippen molar-refractivity contribution >= 4 is 6.29 Å². The predicted octanol–water partition coefficient (Wildman–Crippen LogP) is 2.18. The normalized spacial score (nSPS) is 21.6. The molecule has 1 aliphatic heterocycles. The van der Waals surface area contributed by atoms with Crippen LogP contribution in [0.3, 0.4) is 0 Å². The first-order valence-electron chi connectivity index (χ1n) is 6.38. The molecular formula is C14H17F2NO2. The van der Waals surface area contributed by atoms with Crippen LogP contribution in [0.2, 0.25) is 0 Å². The first kappa shape index (κ1) is 14.1. The van der Waals surface area contributed by atoms with Gasteiger partial charge < -0.3 is 9.90 Å². The lowest BCUT2D eigenvalue weighted by atomic mass is 10.0. The summed E-state index contributed by atoms with van der Waals surface area (Å²) in [4.78, 5) is 12.8. The van der Waals surface area contributed by atoms with E-state index in [1.54, 1.807) is 6.92 Å². The molecule has 1 aromatic carbocycles.